The Labute approximate surface area is 141 Å². The molecule has 1 aliphatic carbocycles. The lowest BCUT2D eigenvalue weighted by Crippen LogP contribution is -2.26. The highest BCUT2D eigenvalue weighted by atomic mass is 16.6. The van der Waals surface area contributed by atoms with Crippen molar-refractivity contribution in [2.24, 2.45) is 0 Å². The number of hydrogen-bond acceptors (Lipinski definition) is 5. The molecule has 1 aliphatic rings. The van der Waals surface area contributed by atoms with Crippen LogP contribution < -0.4 is 0 Å². The van der Waals surface area contributed by atoms with Crippen molar-refractivity contribution in [3.63, 3.8) is 0 Å². The Morgan fingerprint density at radius 1 is 1.12 bits per heavy atom. The van der Waals surface area contributed by atoms with Gasteiger partial charge in [0.05, 0.1) is 18.2 Å². The van der Waals surface area contributed by atoms with E-state index in [-0.39, 0.29) is 0 Å². The highest BCUT2D eigenvalue weighted by molar-refractivity contribution is 6.05. The van der Waals surface area contributed by atoms with Crippen molar-refractivity contribution in [3.05, 3.63) is 41.1 Å². The molecule has 0 radical (unpaired) electrons. The van der Waals surface area contributed by atoms with Gasteiger partial charge >= 0.3 is 11.9 Å². The summed E-state index contributed by atoms with van der Waals surface area (Å²) in [6.07, 6.45) is 3.97. The van der Waals surface area contributed by atoms with Crippen LogP contribution in [0.3, 0.4) is 0 Å². The lowest BCUT2D eigenvalue weighted by atomic mass is 9.97. The van der Waals surface area contributed by atoms with Gasteiger partial charge in [-0.25, -0.2) is 9.59 Å². The van der Waals surface area contributed by atoms with Crippen molar-refractivity contribution in [1.29, 1.82) is 0 Å². The van der Waals surface area contributed by atoms with Crippen LogP contribution in [0.15, 0.2) is 24.3 Å². The van der Waals surface area contributed by atoms with Crippen LogP contribution in [0.25, 0.3) is 10.9 Å². The first-order chi connectivity index (χ1) is 11.6. The molecule has 1 heterocycles. The van der Waals surface area contributed by atoms with Crippen LogP contribution in [0.2, 0.25) is 0 Å². The first-order valence-electron chi connectivity index (χ1n) is 8.31. The predicted molar refractivity (Wildman–Crippen MR) is 89.9 cm³/mol. The number of esters is 2. The number of para-hydroxylation sites is 1. The zero-order valence-electron chi connectivity index (χ0n) is 14.0. The fourth-order valence-corrected chi connectivity index (χ4v) is 3.22. The third-order valence-corrected chi connectivity index (χ3v) is 4.44. The molecule has 0 spiro atoms. The molecule has 1 aromatic carbocycles. The van der Waals surface area contributed by atoms with E-state index in [1.165, 1.54) is 14.0 Å². The largest absolute Gasteiger partial charge is 0.466 e. The number of methoxy groups -OCH3 is 1. The van der Waals surface area contributed by atoms with E-state index < -0.39 is 18.0 Å². The second-order valence-corrected chi connectivity index (χ2v) is 6.06. The second kappa shape index (κ2) is 6.99. The number of fused-ring (bicyclic) bond motifs is 2. The Kier molecular flexibility index (Phi) is 4.79. The molecular weight excluding hydrogens is 306 g/mol. The Balaban J connectivity index is 2.09. The van der Waals surface area contributed by atoms with Gasteiger partial charge in [0.2, 0.25) is 0 Å². The minimum Gasteiger partial charge on any atom is -0.466 e. The van der Waals surface area contributed by atoms with Gasteiger partial charge in [-0.15, -0.1) is 0 Å². The van der Waals surface area contributed by atoms with Gasteiger partial charge in [0, 0.05) is 11.1 Å². The molecule has 1 atom stereocenters. The van der Waals surface area contributed by atoms with Crippen LogP contribution in [0.4, 0.5) is 0 Å². The molecule has 126 valence electrons. The van der Waals surface area contributed by atoms with E-state index in [0.717, 1.165) is 54.3 Å². The zero-order chi connectivity index (χ0) is 17.1. The predicted octanol–water partition coefficient (Wildman–Crippen LogP) is 3.22. The Morgan fingerprint density at radius 3 is 2.67 bits per heavy atom. The molecular formula is C19H21NO4. The van der Waals surface area contributed by atoms with Gasteiger partial charge in [0.1, 0.15) is 0 Å². The number of benzene rings is 1. The molecule has 24 heavy (non-hydrogen) atoms. The summed E-state index contributed by atoms with van der Waals surface area (Å²) in [6.45, 7) is 1.52. The normalized spacial score (nSPS) is 15.2. The summed E-state index contributed by atoms with van der Waals surface area (Å²) in [6, 6.07) is 7.58. The van der Waals surface area contributed by atoms with Crippen LogP contribution in [0.1, 0.15) is 47.8 Å². The number of nitrogens with zero attached hydrogens (tertiary/aromatic N) is 1. The zero-order valence-corrected chi connectivity index (χ0v) is 14.0. The highest BCUT2D eigenvalue weighted by Gasteiger charge is 2.26. The molecule has 0 fully saturated rings. The summed E-state index contributed by atoms with van der Waals surface area (Å²) in [7, 11) is 1.28. The highest BCUT2D eigenvalue weighted by Crippen LogP contribution is 2.29. The first kappa shape index (κ1) is 16.4. The van der Waals surface area contributed by atoms with E-state index in [0.29, 0.717) is 5.56 Å². The first-order valence-corrected chi connectivity index (χ1v) is 8.31. The van der Waals surface area contributed by atoms with Crippen molar-refractivity contribution < 1.29 is 19.1 Å². The van der Waals surface area contributed by atoms with E-state index in [1.54, 1.807) is 0 Å². The number of ether oxygens (including phenoxy) is 2. The summed E-state index contributed by atoms with van der Waals surface area (Å²) in [4.78, 5) is 29.1. The molecule has 0 bridgehead atoms. The van der Waals surface area contributed by atoms with Gasteiger partial charge < -0.3 is 9.47 Å². The summed E-state index contributed by atoms with van der Waals surface area (Å²) in [5.74, 6) is -1.04. The number of hydrogen-bond donors (Lipinski definition) is 0. The number of carbonyl (C=O) groups excluding carboxylic acids is 2. The smallest absolute Gasteiger partial charge is 0.346 e. The van der Waals surface area contributed by atoms with E-state index in [9.17, 15) is 9.59 Å². The summed E-state index contributed by atoms with van der Waals surface area (Å²) in [5.41, 5.74) is 3.28. The van der Waals surface area contributed by atoms with E-state index in [4.69, 9.17) is 9.72 Å². The van der Waals surface area contributed by atoms with Crippen molar-refractivity contribution in [2.45, 2.75) is 45.1 Å². The topological polar surface area (TPSA) is 65.5 Å². The molecule has 0 N–H and O–H groups in total. The summed E-state index contributed by atoms with van der Waals surface area (Å²) in [5, 5.41) is 0.778. The van der Waals surface area contributed by atoms with Gasteiger partial charge in [0.15, 0.2) is 6.10 Å². The van der Waals surface area contributed by atoms with E-state index >= 15 is 0 Å². The molecule has 0 saturated heterocycles. The minimum absolute atomic E-state index is 0.482. The standard InChI is InChI=1S/C19H21NO4/c1-12(18(21)23-2)24-19(22)17-13-8-4-3-5-10-15(13)20-16-11-7-6-9-14(16)17/h6-7,9,11-12H,3-5,8,10H2,1-2H3. The van der Waals surface area contributed by atoms with Gasteiger partial charge in [-0.05, 0) is 44.2 Å². The van der Waals surface area contributed by atoms with Crippen LogP contribution in [0.5, 0.6) is 0 Å². The fraction of sp³-hybridized carbons (Fsp3) is 0.421. The number of rotatable bonds is 3. The fourth-order valence-electron chi connectivity index (χ4n) is 3.22. The third-order valence-electron chi connectivity index (χ3n) is 4.44. The second-order valence-electron chi connectivity index (χ2n) is 6.06. The molecule has 1 aromatic heterocycles. The van der Waals surface area contributed by atoms with Gasteiger partial charge in [0.25, 0.3) is 0 Å². The Hall–Kier alpha value is -2.43. The Morgan fingerprint density at radius 2 is 1.88 bits per heavy atom. The average Bonchev–Trinajstić information content (AvgIpc) is 2.83. The molecule has 0 saturated carbocycles. The van der Waals surface area contributed by atoms with Crippen LogP contribution in [0, 0.1) is 0 Å². The van der Waals surface area contributed by atoms with Crippen LogP contribution in [-0.2, 0) is 27.1 Å². The lowest BCUT2D eigenvalue weighted by molar-refractivity contribution is -0.149. The molecule has 0 amide bonds. The Bertz CT molecular complexity index is 784. The number of aryl methyl sites for hydroxylation is 1. The monoisotopic (exact) mass is 327 g/mol. The number of pyridine rings is 1. The molecule has 5 heteroatoms. The van der Waals surface area contributed by atoms with Crippen LogP contribution >= 0.6 is 0 Å². The van der Waals surface area contributed by atoms with Gasteiger partial charge in [-0.2, -0.15) is 0 Å². The molecule has 2 aromatic rings. The van der Waals surface area contributed by atoms with Crippen molar-refractivity contribution in [1.82, 2.24) is 4.98 Å². The van der Waals surface area contributed by atoms with Crippen molar-refractivity contribution in [3.8, 4) is 0 Å². The number of aromatic nitrogens is 1. The molecule has 5 nitrogen and oxygen atoms in total. The molecule has 1 unspecified atom stereocenters. The molecule has 0 aliphatic heterocycles. The lowest BCUT2D eigenvalue weighted by Gasteiger charge is -2.16. The quantitative estimate of drug-likeness (QED) is 0.640. The maximum absolute atomic E-state index is 12.8. The van der Waals surface area contributed by atoms with E-state index in [2.05, 4.69) is 4.74 Å². The van der Waals surface area contributed by atoms with Crippen molar-refractivity contribution in [2.75, 3.05) is 7.11 Å². The summed E-state index contributed by atoms with van der Waals surface area (Å²) < 4.78 is 10.0. The molecule has 3 rings (SSSR count). The van der Waals surface area contributed by atoms with Gasteiger partial charge in [-0.3, -0.25) is 4.98 Å². The third kappa shape index (κ3) is 3.11. The van der Waals surface area contributed by atoms with Crippen LogP contribution in [-0.4, -0.2) is 30.1 Å². The number of carbonyl (C=O) groups is 2. The summed E-state index contributed by atoms with van der Waals surface area (Å²) >= 11 is 0. The van der Waals surface area contributed by atoms with Gasteiger partial charge in [-0.1, -0.05) is 24.6 Å². The average molecular weight is 327 g/mol. The van der Waals surface area contributed by atoms with Crippen molar-refractivity contribution >= 4 is 22.8 Å². The maximum Gasteiger partial charge on any atom is 0.346 e. The maximum atomic E-state index is 12.8. The minimum atomic E-state index is -0.934. The SMILES string of the molecule is COC(=O)C(C)OC(=O)c1c2c(nc3ccccc13)CCCCC2. The van der Waals surface area contributed by atoms with E-state index in [1.807, 2.05) is 24.3 Å².